The lowest BCUT2D eigenvalue weighted by Gasteiger charge is -2.27. The molecule has 0 aliphatic carbocycles. The minimum absolute atomic E-state index is 0.0156. The van der Waals surface area contributed by atoms with Crippen LogP contribution in [0.5, 0.6) is 0 Å². The zero-order chi connectivity index (χ0) is 18.9. The second kappa shape index (κ2) is 7.06. The van der Waals surface area contributed by atoms with Crippen LogP contribution in [0.15, 0.2) is 48.9 Å². The van der Waals surface area contributed by atoms with E-state index in [2.05, 4.69) is 20.3 Å². The van der Waals surface area contributed by atoms with Crippen LogP contribution < -0.4 is 5.32 Å². The predicted octanol–water partition coefficient (Wildman–Crippen LogP) is 2.33. The normalized spacial score (nSPS) is 21.8. The van der Waals surface area contributed by atoms with E-state index in [9.17, 15) is 8.42 Å². The van der Waals surface area contributed by atoms with Crippen LogP contribution >= 0.6 is 11.3 Å². The molecular weight excluding hydrogens is 387 g/mol. The largest absolute Gasteiger partial charge is 0.311 e. The summed E-state index contributed by atoms with van der Waals surface area (Å²) < 4.78 is 39.7. The van der Waals surface area contributed by atoms with Crippen molar-refractivity contribution >= 4 is 21.2 Å². The van der Waals surface area contributed by atoms with Crippen molar-refractivity contribution in [2.45, 2.75) is 11.4 Å². The maximum Gasteiger partial charge on any atom is 0.273 e. The molecule has 3 heterocycles. The number of hydrogen-bond acceptors (Lipinski definition) is 7. The molecule has 3 aromatic rings. The molecule has 1 fully saturated rings. The lowest BCUT2D eigenvalue weighted by Crippen LogP contribution is -2.49. The summed E-state index contributed by atoms with van der Waals surface area (Å²) in [6.45, 7) is -0.00653. The molecule has 0 radical (unpaired) electrons. The van der Waals surface area contributed by atoms with Crippen LogP contribution in [0.25, 0.3) is 11.4 Å². The zero-order valence-corrected chi connectivity index (χ0v) is 15.9. The molecule has 1 aromatic carbocycles. The van der Waals surface area contributed by atoms with Gasteiger partial charge in [-0.15, -0.1) is 11.3 Å². The van der Waals surface area contributed by atoms with Gasteiger partial charge in [-0.3, -0.25) is 0 Å². The molecule has 0 spiro atoms. The lowest BCUT2D eigenvalue weighted by molar-refractivity contribution is 0.252. The number of halogens is 1. The Balaban J connectivity index is 1.65. The van der Waals surface area contributed by atoms with Crippen LogP contribution in [0.1, 0.15) is 15.4 Å². The van der Waals surface area contributed by atoms with Gasteiger partial charge in [0.25, 0.3) is 5.00 Å². The Kier molecular flexibility index (Phi) is 4.75. The molecule has 4 rings (SSSR count). The van der Waals surface area contributed by atoms with Gasteiger partial charge in [0.1, 0.15) is 5.01 Å². The summed E-state index contributed by atoms with van der Waals surface area (Å²) in [6, 6.07) is 9.45. The summed E-state index contributed by atoms with van der Waals surface area (Å²) in [6.07, 6.45) is 5.40. The fourth-order valence-corrected chi connectivity index (χ4v) is 5.81. The SMILES string of the molecule is O=S1(=O)CCNCC1(F)c1ncc(Cc2ccccc2-c2ncccn2)s1. The van der Waals surface area contributed by atoms with Crippen molar-refractivity contribution in [1.82, 2.24) is 20.3 Å². The van der Waals surface area contributed by atoms with Crippen molar-refractivity contribution in [1.29, 1.82) is 0 Å². The van der Waals surface area contributed by atoms with Crippen molar-refractivity contribution in [3.8, 4) is 11.4 Å². The molecule has 0 saturated carbocycles. The molecular formula is C18H17FN4O2S2. The first-order valence-corrected chi connectivity index (χ1v) is 10.9. The summed E-state index contributed by atoms with van der Waals surface area (Å²) in [4.78, 5) is 13.5. The Bertz CT molecular complexity index is 1060. The van der Waals surface area contributed by atoms with Crippen LogP contribution in [0.4, 0.5) is 4.39 Å². The number of alkyl halides is 1. The molecule has 27 heavy (non-hydrogen) atoms. The highest BCUT2D eigenvalue weighted by atomic mass is 32.2. The van der Waals surface area contributed by atoms with E-state index >= 15 is 4.39 Å². The second-order valence-electron chi connectivity index (χ2n) is 6.26. The van der Waals surface area contributed by atoms with Crippen molar-refractivity contribution < 1.29 is 12.8 Å². The van der Waals surface area contributed by atoms with Gasteiger partial charge in [0.15, 0.2) is 15.7 Å². The van der Waals surface area contributed by atoms with Crippen LogP contribution in [-0.4, -0.2) is 42.2 Å². The first-order chi connectivity index (χ1) is 13.0. The molecule has 1 aliphatic rings. The molecule has 6 nitrogen and oxygen atoms in total. The summed E-state index contributed by atoms with van der Waals surface area (Å²) in [5.41, 5.74) is 1.85. The highest BCUT2D eigenvalue weighted by molar-refractivity contribution is 7.92. The molecule has 1 aliphatic heterocycles. The zero-order valence-electron chi connectivity index (χ0n) is 14.3. The minimum atomic E-state index is -3.89. The first kappa shape index (κ1) is 18.1. The van der Waals surface area contributed by atoms with Crippen LogP contribution in [-0.2, 0) is 21.3 Å². The average Bonchev–Trinajstić information content (AvgIpc) is 3.14. The fraction of sp³-hybridized carbons (Fsp3) is 0.278. The van der Waals surface area contributed by atoms with Crippen molar-refractivity contribution in [3.05, 3.63) is 64.4 Å². The van der Waals surface area contributed by atoms with Gasteiger partial charge in [0.05, 0.1) is 12.3 Å². The summed E-state index contributed by atoms with van der Waals surface area (Å²) in [5, 5.41) is 0.337. The van der Waals surface area contributed by atoms with Crippen molar-refractivity contribution in [2.75, 3.05) is 18.8 Å². The minimum Gasteiger partial charge on any atom is -0.311 e. The Morgan fingerprint density at radius 3 is 2.70 bits per heavy atom. The van der Waals surface area contributed by atoms with Gasteiger partial charge in [0.2, 0.25) is 0 Å². The van der Waals surface area contributed by atoms with E-state index in [4.69, 9.17) is 0 Å². The molecule has 1 unspecified atom stereocenters. The van der Waals surface area contributed by atoms with Gasteiger partial charge >= 0.3 is 0 Å². The summed E-state index contributed by atoms with van der Waals surface area (Å²) in [5.74, 6) is 0.380. The molecule has 1 saturated heterocycles. The third-order valence-electron chi connectivity index (χ3n) is 4.45. The Hall–Kier alpha value is -2.23. The van der Waals surface area contributed by atoms with Gasteiger partial charge in [-0.05, 0) is 11.6 Å². The Morgan fingerprint density at radius 1 is 1.15 bits per heavy atom. The van der Waals surface area contributed by atoms with E-state index in [1.807, 2.05) is 24.3 Å². The Morgan fingerprint density at radius 2 is 1.93 bits per heavy atom. The quantitative estimate of drug-likeness (QED) is 0.718. The fourth-order valence-electron chi connectivity index (χ4n) is 3.02. The van der Waals surface area contributed by atoms with Crippen LogP contribution in [0.3, 0.4) is 0 Å². The third kappa shape index (κ3) is 3.38. The van der Waals surface area contributed by atoms with Crippen molar-refractivity contribution in [3.63, 3.8) is 0 Å². The summed E-state index contributed by atoms with van der Waals surface area (Å²) in [7, 11) is -3.89. The topological polar surface area (TPSA) is 84.8 Å². The number of nitrogens with one attached hydrogen (secondary N) is 1. The van der Waals surface area contributed by atoms with E-state index in [-0.39, 0.29) is 23.8 Å². The van der Waals surface area contributed by atoms with Gasteiger partial charge < -0.3 is 5.32 Å². The number of hydrogen-bond donors (Lipinski definition) is 1. The van der Waals surface area contributed by atoms with Crippen LogP contribution in [0.2, 0.25) is 0 Å². The summed E-state index contributed by atoms with van der Waals surface area (Å²) >= 11 is 1.09. The van der Waals surface area contributed by atoms with Gasteiger partial charge in [-0.2, -0.15) is 0 Å². The first-order valence-electron chi connectivity index (χ1n) is 8.42. The molecule has 9 heteroatoms. The van der Waals surface area contributed by atoms with E-state index in [1.165, 1.54) is 0 Å². The maximum atomic E-state index is 15.3. The predicted molar refractivity (Wildman–Crippen MR) is 102 cm³/mol. The van der Waals surface area contributed by atoms with Crippen molar-refractivity contribution in [2.24, 2.45) is 0 Å². The smallest absolute Gasteiger partial charge is 0.273 e. The number of rotatable bonds is 4. The second-order valence-corrected chi connectivity index (χ2v) is 9.66. The highest BCUT2D eigenvalue weighted by Gasteiger charge is 2.50. The number of nitrogens with zero attached hydrogens (tertiary/aromatic N) is 3. The Labute approximate surface area is 160 Å². The molecule has 0 amide bonds. The van der Waals surface area contributed by atoms with E-state index < -0.39 is 14.8 Å². The molecule has 0 bridgehead atoms. The molecule has 1 N–H and O–H groups in total. The van der Waals surface area contributed by atoms with Gasteiger partial charge in [-0.25, -0.2) is 27.8 Å². The molecule has 2 aromatic heterocycles. The average molecular weight is 404 g/mol. The van der Waals surface area contributed by atoms with E-state index in [1.54, 1.807) is 24.7 Å². The molecule has 140 valence electrons. The monoisotopic (exact) mass is 404 g/mol. The number of benzene rings is 1. The third-order valence-corrected chi connectivity index (χ3v) is 7.78. The molecule has 1 atom stereocenters. The van der Waals surface area contributed by atoms with Crippen LogP contribution in [0, 0.1) is 0 Å². The standard InChI is InChI=1S/C18H17FN4O2S2/c19-18(12-20-8-9-27(18,24)25)17-23-11-14(26-17)10-13-4-1-2-5-15(13)16-21-6-3-7-22-16/h1-7,11,20H,8-10,12H2. The highest BCUT2D eigenvalue weighted by Crippen LogP contribution is 2.37. The lowest BCUT2D eigenvalue weighted by atomic mass is 10.0. The van der Waals surface area contributed by atoms with E-state index in [0.717, 1.165) is 27.3 Å². The van der Waals surface area contributed by atoms with Gasteiger partial charge in [-0.1, -0.05) is 24.3 Å². The van der Waals surface area contributed by atoms with E-state index in [0.29, 0.717) is 12.2 Å². The maximum absolute atomic E-state index is 15.3. The van der Waals surface area contributed by atoms with Gasteiger partial charge in [0, 0.05) is 42.0 Å². The number of aromatic nitrogens is 3. The number of thiazole rings is 1. The number of sulfone groups is 1.